The van der Waals surface area contributed by atoms with Crippen molar-refractivity contribution in [3.05, 3.63) is 39.5 Å². The van der Waals surface area contributed by atoms with E-state index >= 15 is 0 Å². The summed E-state index contributed by atoms with van der Waals surface area (Å²) in [5.41, 5.74) is 1.11. The Morgan fingerprint density at radius 1 is 1.41 bits per heavy atom. The average Bonchev–Trinajstić information content (AvgIpc) is 3.38. The lowest BCUT2D eigenvalue weighted by Crippen LogP contribution is -2.40. The number of carboxylic acids is 1. The number of thiophene rings is 1. The smallest absolute Gasteiger partial charge is 0.326 e. The fourth-order valence-electron chi connectivity index (χ4n) is 3.97. The van der Waals surface area contributed by atoms with Gasteiger partial charge in [-0.3, -0.25) is 4.79 Å². The van der Waals surface area contributed by atoms with Crippen LogP contribution in [0.4, 0.5) is 5.82 Å². The first kappa shape index (κ1) is 17.9. The lowest BCUT2D eigenvalue weighted by molar-refractivity contribution is -0.141. The van der Waals surface area contributed by atoms with Crippen molar-refractivity contribution in [2.24, 2.45) is 0 Å². The van der Waals surface area contributed by atoms with Crippen molar-refractivity contribution in [1.29, 1.82) is 0 Å². The predicted molar refractivity (Wildman–Crippen MR) is 102 cm³/mol. The fourth-order valence-corrected chi connectivity index (χ4v) is 5.05. The molecule has 3 atom stereocenters. The number of nitrogens with one attached hydrogen (secondary N) is 1. The second-order valence-corrected chi connectivity index (χ2v) is 8.31. The molecule has 0 radical (unpaired) electrons. The highest BCUT2D eigenvalue weighted by Gasteiger charge is 2.36. The highest BCUT2D eigenvalue weighted by molar-refractivity contribution is 7.14. The molecule has 2 aromatic rings. The van der Waals surface area contributed by atoms with E-state index < -0.39 is 12.0 Å². The molecule has 2 aliphatic heterocycles. The Bertz CT molecular complexity index is 897. The molecule has 2 aromatic heterocycles. The summed E-state index contributed by atoms with van der Waals surface area (Å²) in [6.07, 6.45) is 3.15. The van der Waals surface area contributed by atoms with Gasteiger partial charge in [-0.15, -0.1) is 11.3 Å². The van der Waals surface area contributed by atoms with Crippen LogP contribution in [0, 0.1) is 6.92 Å². The number of likely N-dealkylation sites (tertiary alicyclic amines) is 1. The maximum absolute atomic E-state index is 12.8. The number of rotatable bonds is 4. The number of carbonyl (C=O) groups excluding carboxylic acids is 1. The molecule has 7 nitrogen and oxygen atoms in total. The molecule has 4 heterocycles. The van der Waals surface area contributed by atoms with Crippen LogP contribution in [-0.2, 0) is 4.79 Å². The van der Waals surface area contributed by atoms with Crippen molar-refractivity contribution >= 4 is 29.0 Å². The molecule has 0 saturated carbocycles. The van der Waals surface area contributed by atoms with Crippen molar-refractivity contribution in [1.82, 2.24) is 14.9 Å². The van der Waals surface area contributed by atoms with Gasteiger partial charge >= 0.3 is 5.97 Å². The number of carboxylic acid groups (broad SMARTS) is 1. The second-order valence-electron chi connectivity index (χ2n) is 7.19. The van der Waals surface area contributed by atoms with Crippen LogP contribution in [0.1, 0.15) is 57.5 Å². The van der Waals surface area contributed by atoms with Gasteiger partial charge in [-0.2, -0.15) is 0 Å². The molecule has 2 unspecified atom stereocenters. The summed E-state index contributed by atoms with van der Waals surface area (Å²) in [6.45, 7) is 5.33. The van der Waals surface area contributed by atoms with Gasteiger partial charge in [0.25, 0.3) is 5.91 Å². The Kier molecular flexibility index (Phi) is 4.59. The Morgan fingerprint density at radius 2 is 2.22 bits per heavy atom. The highest BCUT2D eigenvalue weighted by Crippen LogP contribution is 2.41. The van der Waals surface area contributed by atoms with Crippen LogP contribution in [0.3, 0.4) is 0 Å². The molecule has 1 amide bonds. The Hall–Kier alpha value is -2.48. The average molecular weight is 386 g/mol. The third kappa shape index (κ3) is 3.18. The van der Waals surface area contributed by atoms with Crippen LogP contribution in [-0.4, -0.2) is 51.0 Å². The number of carbonyl (C=O) groups is 2. The summed E-state index contributed by atoms with van der Waals surface area (Å²) in [6, 6.07) is 3.11. The van der Waals surface area contributed by atoms with Crippen LogP contribution in [0.5, 0.6) is 0 Å². The number of aryl methyl sites for hydroxylation is 1. The van der Waals surface area contributed by atoms with Crippen LogP contribution in [0.25, 0.3) is 0 Å². The van der Waals surface area contributed by atoms with Crippen LogP contribution in [0.15, 0.2) is 18.3 Å². The van der Waals surface area contributed by atoms with E-state index in [0.29, 0.717) is 17.8 Å². The lowest BCUT2D eigenvalue weighted by atomic mass is 9.89. The molecule has 1 fully saturated rings. The predicted octanol–water partition coefficient (Wildman–Crippen LogP) is 2.85. The zero-order chi connectivity index (χ0) is 19.1. The molecule has 8 heteroatoms. The number of hydrogen-bond acceptors (Lipinski definition) is 6. The van der Waals surface area contributed by atoms with Gasteiger partial charge < -0.3 is 15.3 Å². The fraction of sp³-hybridized carbons (Fsp3) is 0.474. The van der Waals surface area contributed by atoms with E-state index in [-0.39, 0.29) is 17.7 Å². The first-order chi connectivity index (χ1) is 13.0. The molecule has 0 aliphatic carbocycles. The van der Waals surface area contributed by atoms with E-state index in [2.05, 4.69) is 22.2 Å². The van der Waals surface area contributed by atoms with Crippen molar-refractivity contribution in [2.45, 2.75) is 44.6 Å². The number of nitrogens with zero attached hydrogens (tertiary/aromatic N) is 3. The van der Waals surface area contributed by atoms with E-state index in [1.165, 1.54) is 16.2 Å². The van der Waals surface area contributed by atoms with E-state index in [1.54, 1.807) is 0 Å². The summed E-state index contributed by atoms with van der Waals surface area (Å²) in [7, 11) is 0. The highest BCUT2D eigenvalue weighted by atomic mass is 32.1. The summed E-state index contributed by atoms with van der Waals surface area (Å²) in [5, 5.41) is 12.7. The SMILES string of the molecule is Cc1ncc2c(n1)NCC2C(C)c1ccc(C(=O)N2CCC[C@H]2C(=O)O)s1. The van der Waals surface area contributed by atoms with Crippen LogP contribution >= 0.6 is 11.3 Å². The van der Waals surface area contributed by atoms with Crippen molar-refractivity contribution in [3.8, 4) is 0 Å². The minimum absolute atomic E-state index is 0.174. The molecule has 0 aromatic carbocycles. The van der Waals surface area contributed by atoms with Gasteiger partial charge in [-0.1, -0.05) is 6.92 Å². The van der Waals surface area contributed by atoms with E-state index in [4.69, 9.17) is 0 Å². The summed E-state index contributed by atoms with van der Waals surface area (Å²) in [5.74, 6) is 1.01. The van der Waals surface area contributed by atoms with Gasteiger partial charge in [0.1, 0.15) is 17.7 Å². The Balaban J connectivity index is 1.53. The van der Waals surface area contributed by atoms with Crippen molar-refractivity contribution < 1.29 is 14.7 Å². The third-order valence-corrected chi connectivity index (χ3v) is 6.79. The topological polar surface area (TPSA) is 95.4 Å². The van der Waals surface area contributed by atoms with E-state index in [1.807, 2.05) is 25.3 Å². The van der Waals surface area contributed by atoms with E-state index in [9.17, 15) is 14.7 Å². The number of aromatic nitrogens is 2. The maximum Gasteiger partial charge on any atom is 0.326 e. The van der Waals surface area contributed by atoms with Gasteiger partial charge in [0, 0.05) is 35.6 Å². The van der Waals surface area contributed by atoms with E-state index in [0.717, 1.165) is 35.0 Å². The number of amides is 1. The molecular formula is C19H22N4O3S. The molecule has 0 spiro atoms. The molecule has 2 N–H and O–H groups in total. The molecule has 2 aliphatic rings. The summed E-state index contributed by atoms with van der Waals surface area (Å²) < 4.78 is 0. The first-order valence-electron chi connectivity index (χ1n) is 9.16. The van der Waals surface area contributed by atoms with Gasteiger partial charge in [0.15, 0.2) is 0 Å². The zero-order valence-electron chi connectivity index (χ0n) is 15.3. The maximum atomic E-state index is 12.8. The molecule has 27 heavy (non-hydrogen) atoms. The minimum atomic E-state index is -0.921. The number of hydrogen-bond donors (Lipinski definition) is 2. The Morgan fingerprint density at radius 3 is 3.00 bits per heavy atom. The zero-order valence-corrected chi connectivity index (χ0v) is 16.1. The molecule has 1 saturated heterocycles. The normalized spacial score (nSPS) is 22.4. The standard InChI is InChI=1S/C19H22N4O3S/c1-10(12-8-21-17-13(12)9-20-11(2)22-17)15-5-6-16(27-15)18(24)23-7-3-4-14(23)19(25)26/h5-6,9-10,12,14H,3-4,7-8H2,1-2H3,(H,25,26)(H,20,21,22)/t10?,12?,14-/m0/s1. The van der Waals surface area contributed by atoms with Crippen molar-refractivity contribution in [2.75, 3.05) is 18.4 Å². The second kappa shape index (κ2) is 6.92. The van der Waals surface area contributed by atoms with Gasteiger partial charge in [0.05, 0.1) is 4.88 Å². The minimum Gasteiger partial charge on any atom is -0.480 e. The molecule has 142 valence electrons. The van der Waals surface area contributed by atoms with Crippen LogP contribution in [0.2, 0.25) is 0 Å². The monoisotopic (exact) mass is 386 g/mol. The number of fused-ring (bicyclic) bond motifs is 1. The van der Waals surface area contributed by atoms with Crippen LogP contribution < -0.4 is 5.32 Å². The van der Waals surface area contributed by atoms with Gasteiger partial charge in [-0.05, 0) is 37.8 Å². The van der Waals surface area contributed by atoms with Gasteiger partial charge in [0.2, 0.25) is 0 Å². The molecular weight excluding hydrogens is 364 g/mol. The number of anilines is 1. The van der Waals surface area contributed by atoms with Gasteiger partial charge in [-0.25, -0.2) is 14.8 Å². The van der Waals surface area contributed by atoms with Crippen molar-refractivity contribution in [3.63, 3.8) is 0 Å². The summed E-state index contributed by atoms with van der Waals surface area (Å²) in [4.78, 5) is 36.2. The lowest BCUT2D eigenvalue weighted by Gasteiger charge is -2.20. The molecule has 4 rings (SSSR count). The third-order valence-electron chi connectivity index (χ3n) is 5.52. The molecule has 0 bridgehead atoms. The first-order valence-corrected chi connectivity index (χ1v) is 9.98. The number of aliphatic carboxylic acids is 1. The largest absolute Gasteiger partial charge is 0.480 e. The summed E-state index contributed by atoms with van der Waals surface area (Å²) >= 11 is 1.46. The Labute approximate surface area is 161 Å². The quantitative estimate of drug-likeness (QED) is 0.839.